The van der Waals surface area contributed by atoms with Gasteiger partial charge in [0.25, 0.3) is 11.5 Å². The van der Waals surface area contributed by atoms with Crippen LogP contribution in [-0.4, -0.2) is 19.6 Å². The molecule has 0 bridgehead atoms. The average Bonchev–Trinajstić information content (AvgIpc) is 3.46. The molecule has 0 atom stereocenters. The van der Waals surface area contributed by atoms with Crippen molar-refractivity contribution in [3.05, 3.63) is 99.5 Å². The molecule has 0 unspecified atom stereocenters. The van der Waals surface area contributed by atoms with Crippen LogP contribution in [0.2, 0.25) is 0 Å². The lowest BCUT2D eigenvalue weighted by Crippen LogP contribution is -2.33. The molecule has 0 spiro atoms. The summed E-state index contributed by atoms with van der Waals surface area (Å²) < 4.78 is 9.49. The number of anilines is 1. The third-order valence-electron chi connectivity index (χ3n) is 5.50. The van der Waals surface area contributed by atoms with Gasteiger partial charge in [0, 0.05) is 18.7 Å². The first-order valence-corrected chi connectivity index (χ1v) is 11.5. The fourth-order valence-corrected chi connectivity index (χ4v) is 5.04. The number of hydrogen-bond donors (Lipinski definition) is 0. The number of rotatable bonds is 4. The van der Waals surface area contributed by atoms with Crippen LogP contribution in [0.15, 0.2) is 86.9 Å². The smallest absolute Gasteiger partial charge is 0.296 e. The molecule has 1 aliphatic heterocycles. The zero-order chi connectivity index (χ0) is 23.1. The lowest BCUT2D eigenvalue weighted by molar-refractivity contribution is -0.113. The van der Waals surface area contributed by atoms with Crippen LogP contribution in [-0.2, 0) is 11.8 Å². The van der Waals surface area contributed by atoms with Crippen LogP contribution in [0.25, 0.3) is 23.1 Å². The Labute approximate surface area is 199 Å². The molecule has 1 fully saturated rings. The van der Waals surface area contributed by atoms with Crippen molar-refractivity contribution in [2.75, 3.05) is 4.90 Å². The van der Waals surface area contributed by atoms with Crippen LogP contribution < -0.4 is 10.5 Å². The van der Waals surface area contributed by atoms with Crippen molar-refractivity contribution < 1.29 is 9.21 Å². The number of amides is 1. The van der Waals surface area contributed by atoms with E-state index in [1.807, 2.05) is 72.8 Å². The number of para-hydroxylation sites is 1. The van der Waals surface area contributed by atoms with Gasteiger partial charge in [0.2, 0.25) is 0 Å². The minimum absolute atomic E-state index is 0.261. The molecule has 5 rings (SSSR count). The number of furan rings is 1. The highest BCUT2D eigenvalue weighted by Gasteiger charge is 2.37. The molecule has 1 amide bonds. The maximum atomic E-state index is 13.4. The molecule has 0 aliphatic carbocycles. The maximum Gasteiger partial charge on any atom is 0.296 e. The van der Waals surface area contributed by atoms with E-state index in [4.69, 9.17) is 16.6 Å². The highest BCUT2D eigenvalue weighted by Crippen LogP contribution is 2.37. The standard InChI is InChI=1S/C25H19N3O3S2/c1-16-22(24(30)28(26(16)2)18-11-7-4-8-12-18)27-23(29)21(33-25(27)32)15-19-13-14-20(31-19)17-9-5-3-6-10-17/h3-15H,1-2H3. The largest absolute Gasteiger partial charge is 0.457 e. The van der Waals surface area contributed by atoms with Gasteiger partial charge < -0.3 is 4.42 Å². The van der Waals surface area contributed by atoms with Crippen molar-refractivity contribution in [3.8, 4) is 17.0 Å². The van der Waals surface area contributed by atoms with Gasteiger partial charge in [-0.15, -0.1) is 0 Å². The lowest BCUT2D eigenvalue weighted by atomic mass is 10.2. The number of carbonyl (C=O) groups excluding carboxylic acids is 1. The van der Waals surface area contributed by atoms with Gasteiger partial charge in [0.1, 0.15) is 17.2 Å². The molecule has 8 heteroatoms. The number of nitrogens with zero attached hydrogens (tertiary/aromatic N) is 3. The second-order valence-corrected chi connectivity index (χ2v) is 9.17. The quantitative estimate of drug-likeness (QED) is 0.303. The fourth-order valence-electron chi connectivity index (χ4n) is 3.79. The second kappa shape index (κ2) is 8.38. The molecule has 33 heavy (non-hydrogen) atoms. The van der Waals surface area contributed by atoms with E-state index in [-0.39, 0.29) is 17.2 Å². The Morgan fingerprint density at radius 3 is 2.30 bits per heavy atom. The molecule has 2 aromatic carbocycles. The Kier molecular flexibility index (Phi) is 5.39. The van der Waals surface area contributed by atoms with Crippen molar-refractivity contribution >= 4 is 46.0 Å². The van der Waals surface area contributed by atoms with Crippen molar-refractivity contribution in [3.63, 3.8) is 0 Å². The van der Waals surface area contributed by atoms with Crippen molar-refractivity contribution in [1.82, 2.24) is 9.36 Å². The number of hydrogen-bond acceptors (Lipinski definition) is 5. The van der Waals surface area contributed by atoms with E-state index in [0.29, 0.717) is 32.1 Å². The summed E-state index contributed by atoms with van der Waals surface area (Å²) in [7, 11) is 1.79. The third-order valence-corrected chi connectivity index (χ3v) is 6.80. The first-order valence-electron chi connectivity index (χ1n) is 10.2. The van der Waals surface area contributed by atoms with Crippen molar-refractivity contribution in [2.24, 2.45) is 7.05 Å². The summed E-state index contributed by atoms with van der Waals surface area (Å²) in [5.41, 5.74) is 2.26. The van der Waals surface area contributed by atoms with Crippen molar-refractivity contribution in [1.29, 1.82) is 0 Å². The molecule has 1 saturated heterocycles. The Morgan fingerprint density at radius 1 is 0.939 bits per heavy atom. The summed E-state index contributed by atoms with van der Waals surface area (Å²) in [6.45, 7) is 1.80. The van der Waals surface area contributed by atoms with Crippen LogP contribution in [0, 0.1) is 6.92 Å². The van der Waals surface area contributed by atoms with Crippen molar-refractivity contribution in [2.45, 2.75) is 6.92 Å². The van der Waals surface area contributed by atoms with Crippen LogP contribution in [0.4, 0.5) is 5.69 Å². The molecule has 1 aliphatic rings. The van der Waals surface area contributed by atoms with E-state index in [0.717, 1.165) is 17.3 Å². The molecule has 0 saturated carbocycles. The summed E-state index contributed by atoms with van der Waals surface area (Å²) in [6.07, 6.45) is 1.67. The molecule has 0 N–H and O–H groups in total. The fraction of sp³-hybridized carbons (Fsp3) is 0.0800. The lowest BCUT2D eigenvalue weighted by Gasteiger charge is -2.12. The normalized spacial score (nSPS) is 15.1. The maximum absolute atomic E-state index is 13.4. The van der Waals surface area contributed by atoms with E-state index in [1.165, 1.54) is 9.58 Å². The van der Waals surface area contributed by atoms with Gasteiger partial charge >= 0.3 is 0 Å². The minimum atomic E-state index is -0.339. The number of aromatic nitrogens is 2. The average molecular weight is 474 g/mol. The molecule has 2 aromatic heterocycles. The van der Waals surface area contributed by atoms with Gasteiger partial charge in [-0.2, -0.15) is 0 Å². The second-order valence-electron chi connectivity index (χ2n) is 7.50. The molecule has 0 radical (unpaired) electrons. The zero-order valence-corrected chi connectivity index (χ0v) is 19.5. The Bertz CT molecular complexity index is 1460. The Hall–Kier alpha value is -3.62. The highest BCUT2D eigenvalue weighted by atomic mass is 32.2. The first-order chi connectivity index (χ1) is 16.0. The van der Waals surface area contributed by atoms with Gasteiger partial charge in [-0.05, 0) is 31.2 Å². The number of thioether (sulfide) groups is 1. The van der Waals surface area contributed by atoms with Crippen LogP contribution in [0.1, 0.15) is 11.5 Å². The van der Waals surface area contributed by atoms with Gasteiger partial charge in [0.15, 0.2) is 4.32 Å². The monoisotopic (exact) mass is 473 g/mol. The number of benzene rings is 2. The van der Waals surface area contributed by atoms with Crippen LogP contribution in [0.3, 0.4) is 0 Å². The molecular weight excluding hydrogens is 454 g/mol. The van der Waals surface area contributed by atoms with E-state index in [9.17, 15) is 9.59 Å². The van der Waals surface area contributed by atoms with E-state index in [2.05, 4.69) is 0 Å². The molecule has 3 heterocycles. The predicted molar refractivity (Wildman–Crippen MR) is 136 cm³/mol. The summed E-state index contributed by atoms with van der Waals surface area (Å²) in [5, 5.41) is 0. The van der Waals surface area contributed by atoms with Crippen LogP contribution in [0.5, 0.6) is 0 Å². The minimum Gasteiger partial charge on any atom is -0.457 e. The third kappa shape index (κ3) is 3.67. The van der Waals surface area contributed by atoms with E-state index < -0.39 is 0 Å². The first kappa shape index (κ1) is 21.2. The summed E-state index contributed by atoms with van der Waals surface area (Å²) in [6, 6.07) is 22.7. The van der Waals surface area contributed by atoms with Gasteiger partial charge in [-0.1, -0.05) is 72.5 Å². The van der Waals surface area contributed by atoms with E-state index in [1.54, 1.807) is 24.7 Å². The van der Waals surface area contributed by atoms with Gasteiger partial charge in [-0.3, -0.25) is 19.2 Å². The van der Waals surface area contributed by atoms with Gasteiger partial charge in [0.05, 0.1) is 16.3 Å². The molecular formula is C25H19N3O3S2. The summed E-state index contributed by atoms with van der Waals surface area (Å²) >= 11 is 6.66. The summed E-state index contributed by atoms with van der Waals surface area (Å²) in [5.74, 6) is 0.913. The van der Waals surface area contributed by atoms with E-state index >= 15 is 0 Å². The highest BCUT2D eigenvalue weighted by molar-refractivity contribution is 8.27. The van der Waals surface area contributed by atoms with Crippen LogP contribution >= 0.6 is 24.0 Å². The summed E-state index contributed by atoms with van der Waals surface area (Å²) in [4.78, 5) is 28.4. The SMILES string of the molecule is Cc1c(N2C(=O)C(=Cc3ccc(-c4ccccc4)o3)SC2=S)c(=O)n(-c2ccccc2)n1C. The number of thiocarbonyl (C=S) groups is 1. The number of carbonyl (C=O) groups is 1. The van der Waals surface area contributed by atoms with Gasteiger partial charge in [-0.25, -0.2) is 4.68 Å². The Balaban J connectivity index is 1.50. The molecule has 6 nitrogen and oxygen atoms in total. The molecule has 4 aromatic rings. The molecule has 164 valence electrons. The topological polar surface area (TPSA) is 60.4 Å². The Morgan fingerprint density at radius 2 is 1.61 bits per heavy atom. The zero-order valence-electron chi connectivity index (χ0n) is 17.9. The predicted octanol–water partition coefficient (Wildman–Crippen LogP) is 5.15.